The third-order valence-electron chi connectivity index (χ3n) is 2.36. The molecule has 1 N–H and O–H groups in total. The predicted octanol–water partition coefficient (Wildman–Crippen LogP) is 3.04. The summed E-state index contributed by atoms with van der Waals surface area (Å²) in [6, 6.07) is 12.9. The molecule has 1 aromatic carbocycles. The van der Waals surface area contributed by atoms with Gasteiger partial charge in [0.1, 0.15) is 17.2 Å². The van der Waals surface area contributed by atoms with Crippen molar-refractivity contribution in [1.82, 2.24) is 0 Å². The maximum atomic E-state index is 10.7. The Morgan fingerprint density at radius 3 is 2.58 bits per heavy atom. The zero-order valence-electron chi connectivity index (χ0n) is 10.2. The summed E-state index contributed by atoms with van der Waals surface area (Å²) in [5, 5.41) is 8.78. The van der Waals surface area contributed by atoms with Gasteiger partial charge in [-0.05, 0) is 24.3 Å². The minimum absolute atomic E-state index is 0.333. The molecule has 100 valence electrons. The van der Waals surface area contributed by atoms with Gasteiger partial charge in [-0.3, -0.25) is 0 Å². The Bertz CT molecular complexity index is 521. The molecule has 0 aliphatic heterocycles. The molecule has 0 fully saturated rings. The van der Waals surface area contributed by atoms with Crippen LogP contribution in [-0.4, -0.2) is 24.3 Å². The van der Waals surface area contributed by atoms with Crippen LogP contribution < -0.4 is 4.74 Å². The molecular weight excluding hydrogens is 264 g/mol. The van der Waals surface area contributed by atoms with E-state index in [-0.39, 0.29) is 0 Å². The molecule has 0 radical (unpaired) electrons. The van der Waals surface area contributed by atoms with Crippen molar-refractivity contribution < 1.29 is 19.4 Å². The number of rotatable bonds is 7. The SMILES string of the molecule is O=C(O)c1ccc(COCCOc2ccccc2)s1. The van der Waals surface area contributed by atoms with Gasteiger partial charge in [-0.15, -0.1) is 11.3 Å². The fourth-order valence-corrected chi connectivity index (χ4v) is 2.26. The monoisotopic (exact) mass is 278 g/mol. The second-order valence-corrected chi connectivity index (χ2v) is 4.95. The Kier molecular flexibility index (Phi) is 4.94. The quantitative estimate of drug-likeness (QED) is 0.791. The predicted molar refractivity (Wildman–Crippen MR) is 72.9 cm³/mol. The fourth-order valence-electron chi connectivity index (χ4n) is 1.48. The minimum Gasteiger partial charge on any atom is -0.491 e. The van der Waals surface area contributed by atoms with Crippen molar-refractivity contribution in [2.45, 2.75) is 6.61 Å². The highest BCUT2D eigenvalue weighted by atomic mass is 32.1. The summed E-state index contributed by atoms with van der Waals surface area (Å²) in [6.07, 6.45) is 0. The first kappa shape index (κ1) is 13.6. The van der Waals surface area contributed by atoms with Crippen molar-refractivity contribution in [2.75, 3.05) is 13.2 Å². The first-order chi connectivity index (χ1) is 9.25. The molecule has 1 aromatic heterocycles. The van der Waals surface area contributed by atoms with Gasteiger partial charge in [0.05, 0.1) is 13.2 Å². The summed E-state index contributed by atoms with van der Waals surface area (Å²) in [6.45, 7) is 1.35. The molecule has 0 saturated carbocycles. The van der Waals surface area contributed by atoms with Gasteiger partial charge >= 0.3 is 5.97 Å². The van der Waals surface area contributed by atoms with Crippen LogP contribution >= 0.6 is 11.3 Å². The van der Waals surface area contributed by atoms with Gasteiger partial charge < -0.3 is 14.6 Å². The fraction of sp³-hybridized carbons (Fsp3) is 0.214. The molecule has 2 aromatic rings. The largest absolute Gasteiger partial charge is 0.491 e. The Morgan fingerprint density at radius 2 is 1.89 bits per heavy atom. The summed E-state index contributed by atoms with van der Waals surface area (Å²) in [7, 11) is 0. The molecule has 19 heavy (non-hydrogen) atoms. The second-order valence-electron chi connectivity index (χ2n) is 3.79. The van der Waals surface area contributed by atoms with Crippen LogP contribution in [0.15, 0.2) is 42.5 Å². The third-order valence-corrected chi connectivity index (χ3v) is 3.40. The minimum atomic E-state index is -0.899. The van der Waals surface area contributed by atoms with E-state index in [2.05, 4.69) is 0 Å². The number of benzene rings is 1. The molecule has 0 atom stereocenters. The van der Waals surface area contributed by atoms with Gasteiger partial charge in [-0.2, -0.15) is 0 Å². The lowest BCUT2D eigenvalue weighted by Crippen LogP contribution is -2.06. The van der Waals surface area contributed by atoms with Gasteiger partial charge in [0.15, 0.2) is 0 Å². The number of hydrogen-bond donors (Lipinski definition) is 1. The van der Waals surface area contributed by atoms with Gasteiger partial charge in [-0.1, -0.05) is 18.2 Å². The number of carbonyl (C=O) groups is 1. The molecule has 0 aliphatic rings. The van der Waals surface area contributed by atoms with Gasteiger partial charge in [0, 0.05) is 4.88 Å². The van der Waals surface area contributed by atoms with Crippen molar-refractivity contribution in [2.24, 2.45) is 0 Å². The number of ether oxygens (including phenoxy) is 2. The standard InChI is InChI=1S/C14H14O4S/c15-14(16)13-7-6-12(19-13)10-17-8-9-18-11-4-2-1-3-5-11/h1-7H,8-10H2,(H,15,16). The van der Waals surface area contributed by atoms with E-state index in [1.54, 1.807) is 12.1 Å². The number of para-hydroxylation sites is 1. The molecule has 0 amide bonds. The lowest BCUT2D eigenvalue weighted by atomic mass is 10.3. The van der Waals surface area contributed by atoms with Crippen LogP contribution in [0.2, 0.25) is 0 Å². The number of hydrogen-bond acceptors (Lipinski definition) is 4. The van der Waals surface area contributed by atoms with Gasteiger partial charge in [-0.25, -0.2) is 4.79 Å². The number of thiophene rings is 1. The Labute approximate surface area is 115 Å². The zero-order valence-corrected chi connectivity index (χ0v) is 11.1. The normalized spacial score (nSPS) is 10.3. The summed E-state index contributed by atoms with van der Waals surface area (Å²) >= 11 is 1.23. The van der Waals surface area contributed by atoms with Gasteiger partial charge in [0.2, 0.25) is 0 Å². The van der Waals surface area contributed by atoms with E-state index in [4.69, 9.17) is 14.6 Å². The summed E-state index contributed by atoms with van der Waals surface area (Å²) in [5.74, 6) is -0.0842. The molecular formula is C14H14O4S. The van der Waals surface area contributed by atoms with Crippen LogP contribution in [0.3, 0.4) is 0 Å². The van der Waals surface area contributed by atoms with E-state index in [1.807, 2.05) is 30.3 Å². The highest BCUT2D eigenvalue weighted by molar-refractivity contribution is 7.13. The highest BCUT2D eigenvalue weighted by Gasteiger charge is 2.06. The third kappa shape index (κ3) is 4.39. The summed E-state index contributed by atoms with van der Waals surface area (Å²) < 4.78 is 10.9. The maximum Gasteiger partial charge on any atom is 0.345 e. The first-order valence-corrected chi connectivity index (χ1v) is 6.65. The second kappa shape index (κ2) is 6.92. The van der Waals surface area contributed by atoms with Crippen molar-refractivity contribution in [3.63, 3.8) is 0 Å². The molecule has 0 bridgehead atoms. The van der Waals surface area contributed by atoms with E-state index in [0.717, 1.165) is 10.6 Å². The van der Waals surface area contributed by atoms with E-state index in [1.165, 1.54) is 11.3 Å². The van der Waals surface area contributed by atoms with Crippen LogP contribution in [0.1, 0.15) is 14.5 Å². The maximum absolute atomic E-state index is 10.7. The molecule has 4 nitrogen and oxygen atoms in total. The topological polar surface area (TPSA) is 55.8 Å². The molecule has 1 heterocycles. The molecule has 0 saturated heterocycles. The van der Waals surface area contributed by atoms with Gasteiger partial charge in [0.25, 0.3) is 0 Å². The average molecular weight is 278 g/mol. The van der Waals surface area contributed by atoms with E-state index < -0.39 is 5.97 Å². The Balaban J connectivity index is 1.65. The highest BCUT2D eigenvalue weighted by Crippen LogP contribution is 2.17. The van der Waals surface area contributed by atoms with Crippen molar-refractivity contribution in [1.29, 1.82) is 0 Å². The first-order valence-electron chi connectivity index (χ1n) is 5.83. The van der Waals surface area contributed by atoms with Crippen LogP contribution in [0, 0.1) is 0 Å². The van der Waals surface area contributed by atoms with Crippen LogP contribution in [0.25, 0.3) is 0 Å². The van der Waals surface area contributed by atoms with Crippen LogP contribution in [0.5, 0.6) is 5.75 Å². The van der Waals surface area contributed by atoms with Crippen molar-refractivity contribution in [3.8, 4) is 5.75 Å². The molecule has 2 rings (SSSR count). The van der Waals surface area contributed by atoms with Crippen molar-refractivity contribution in [3.05, 3.63) is 52.2 Å². The smallest absolute Gasteiger partial charge is 0.345 e. The Hall–Kier alpha value is -1.85. The Morgan fingerprint density at radius 1 is 1.11 bits per heavy atom. The molecule has 0 spiro atoms. The number of aromatic carboxylic acids is 1. The van der Waals surface area contributed by atoms with Crippen molar-refractivity contribution >= 4 is 17.3 Å². The number of carboxylic acids is 1. The average Bonchev–Trinajstić information content (AvgIpc) is 2.89. The number of carboxylic acid groups (broad SMARTS) is 1. The summed E-state index contributed by atoms with van der Waals surface area (Å²) in [4.78, 5) is 11.9. The zero-order chi connectivity index (χ0) is 13.5. The van der Waals surface area contributed by atoms with E-state index >= 15 is 0 Å². The summed E-state index contributed by atoms with van der Waals surface area (Å²) in [5.41, 5.74) is 0. The molecule has 0 aliphatic carbocycles. The van der Waals surface area contributed by atoms with Crippen LogP contribution in [0.4, 0.5) is 0 Å². The molecule has 5 heteroatoms. The van der Waals surface area contributed by atoms with Crippen LogP contribution in [-0.2, 0) is 11.3 Å². The van der Waals surface area contributed by atoms with E-state index in [0.29, 0.717) is 24.7 Å². The lowest BCUT2D eigenvalue weighted by molar-refractivity contribution is 0.0702. The molecule has 0 unspecified atom stereocenters. The van der Waals surface area contributed by atoms with E-state index in [9.17, 15) is 4.79 Å². The lowest BCUT2D eigenvalue weighted by Gasteiger charge is -2.06.